The topological polar surface area (TPSA) is 85.7 Å². The number of rotatable bonds is 4. The Hall–Kier alpha value is -1.33. The smallest absolute Gasteiger partial charge is 0.341 e. The summed E-state index contributed by atoms with van der Waals surface area (Å²) >= 11 is 0. The van der Waals surface area contributed by atoms with Crippen molar-refractivity contribution in [1.29, 1.82) is 0 Å². The zero-order valence-electron chi connectivity index (χ0n) is 8.82. The van der Waals surface area contributed by atoms with Crippen LogP contribution in [0, 0.1) is 6.92 Å². The van der Waals surface area contributed by atoms with E-state index in [1.54, 1.807) is 13.0 Å². The van der Waals surface area contributed by atoms with Gasteiger partial charge >= 0.3 is 5.97 Å². The molecule has 0 spiro atoms. The first-order valence-electron chi connectivity index (χ1n) is 4.65. The third kappa shape index (κ3) is 2.57. The number of nitrogens with two attached hydrogens (primary N) is 1. The maximum absolute atomic E-state index is 11.3. The lowest BCUT2D eigenvalue weighted by molar-refractivity contribution is 0.0599. The number of aliphatic hydroxyl groups excluding tert-OH is 1. The van der Waals surface area contributed by atoms with Gasteiger partial charge in [-0.1, -0.05) is 0 Å². The van der Waals surface area contributed by atoms with Gasteiger partial charge in [-0.3, -0.25) is 0 Å². The monoisotopic (exact) mass is 213 g/mol. The van der Waals surface area contributed by atoms with Gasteiger partial charge in [-0.15, -0.1) is 0 Å². The first-order chi connectivity index (χ1) is 7.10. The summed E-state index contributed by atoms with van der Waals surface area (Å²) in [6, 6.07) is 1.16. The van der Waals surface area contributed by atoms with E-state index in [-0.39, 0.29) is 6.61 Å². The molecule has 1 atom stereocenters. The number of methoxy groups -OCH3 is 1. The van der Waals surface area contributed by atoms with Crippen molar-refractivity contribution in [3.63, 3.8) is 0 Å². The predicted octanol–water partition coefficient (Wildman–Crippen LogP) is 0.757. The average molecular weight is 213 g/mol. The van der Waals surface area contributed by atoms with E-state index in [0.717, 1.165) is 0 Å². The molecule has 0 radical (unpaired) electrons. The van der Waals surface area contributed by atoms with Crippen molar-refractivity contribution in [3.05, 3.63) is 23.2 Å². The Labute approximate surface area is 87.8 Å². The minimum Gasteiger partial charge on any atom is -0.465 e. The number of aryl methyl sites for hydroxylation is 1. The lowest BCUT2D eigenvalue weighted by atomic mass is 10.1. The highest BCUT2D eigenvalue weighted by atomic mass is 16.5. The van der Waals surface area contributed by atoms with Crippen molar-refractivity contribution in [2.24, 2.45) is 5.73 Å². The maximum Gasteiger partial charge on any atom is 0.341 e. The summed E-state index contributed by atoms with van der Waals surface area (Å²) in [5.74, 6) is 0.519. The summed E-state index contributed by atoms with van der Waals surface area (Å²) in [7, 11) is 1.31. The molecule has 0 aliphatic heterocycles. The quantitative estimate of drug-likeness (QED) is 0.721. The highest BCUT2D eigenvalue weighted by Gasteiger charge is 2.18. The number of hydrogen-bond acceptors (Lipinski definition) is 5. The standard InChI is InChI=1S/C10H15NO4/c1-6-7(10(13)14-2)5-9(15-6)8(11)3-4-12/h5,8,12H,3-4,11H2,1-2H3. The van der Waals surface area contributed by atoms with Gasteiger partial charge in [0.05, 0.1) is 13.2 Å². The number of hydrogen-bond donors (Lipinski definition) is 2. The van der Waals surface area contributed by atoms with Gasteiger partial charge in [0.25, 0.3) is 0 Å². The summed E-state index contributed by atoms with van der Waals surface area (Å²) in [5, 5.41) is 8.72. The molecule has 1 heterocycles. The van der Waals surface area contributed by atoms with Gasteiger partial charge in [0.1, 0.15) is 17.1 Å². The van der Waals surface area contributed by atoms with Crippen LogP contribution in [0.2, 0.25) is 0 Å². The number of carbonyl (C=O) groups is 1. The summed E-state index contributed by atoms with van der Waals surface area (Å²) in [6.45, 7) is 1.65. The molecule has 5 nitrogen and oxygen atoms in total. The zero-order valence-corrected chi connectivity index (χ0v) is 8.82. The van der Waals surface area contributed by atoms with E-state index >= 15 is 0 Å². The Bertz CT molecular complexity index is 345. The highest BCUT2D eigenvalue weighted by Crippen LogP contribution is 2.21. The fourth-order valence-electron chi connectivity index (χ4n) is 1.28. The van der Waals surface area contributed by atoms with Gasteiger partial charge in [0.15, 0.2) is 0 Å². The van der Waals surface area contributed by atoms with E-state index in [1.807, 2.05) is 0 Å². The molecule has 0 fully saturated rings. The Kier molecular flexibility index (Phi) is 3.88. The van der Waals surface area contributed by atoms with Crippen LogP contribution in [0.4, 0.5) is 0 Å². The number of esters is 1. The minimum absolute atomic E-state index is 0.0194. The summed E-state index contributed by atoms with van der Waals surface area (Å²) in [5.41, 5.74) is 6.10. The van der Waals surface area contributed by atoms with E-state index in [9.17, 15) is 4.79 Å². The van der Waals surface area contributed by atoms with Crippen LogP contribution < -0.4 is 5.73 Å². The Balaban J connectivity index is 2.90. The minimum atomic E-state index is -0.446. The molecule has 15 heavy (non-hydrogen) atoms. The molecule has 0 saturated heterocycles. The Morgan fingerprint density at radius 1 is 1.73 bits per heavy atom. The van der Waals surface area contributed by atoms with E-state index in [0.29, 0.717) is 23.5 Å². The van der Waals surface area contributed by atoms with Crippen molar-refractivity contribution in [1.82, 2.24) is 0 Å². The van der Waals surface area contributed by atoms with Gasteiger partial charge in [0.2, 0.25) is 0 Å². The van der Waals surface area contributed by atoms with Crippen LogP contribution in [0.3, 0.4) is 0 Å². The van der Waals surface area contributed by atoms with Crippen LogP contribution in [-0.2, 0) is 4.74 Å². The van der Waals surface area contributed by atoms with Crippen LogP contribution in [0.5, 0.6) is 0 Å². The molecule has 1 aromatic heterocycles. The Morgan fingerprint density at radius 2 is 2.40 bits per heavy atom. The fraction of sp³-hybridized carbons (Fsp3) is 0.500. The molecular weight excluding hydrogens is 198 g/mol. The van der Waals surface area contributed by atoms with Gasteiger partial charge in [-0.25, -0.2) is 4.79 Å². The number of carbonyl (C=O) groups excluding carboxylic acids is 1. The average Bonchev–Trinajstić information content (AvgIpc) is 2.60. The first kappa shape index (κ1) is 11.7. The van der Waals surface area contributed by atoms with E-state index in [1.165, 1.54) is 7.11 Å². The molecule has 1 rings (SSSR count). The molecular formula is C10H15NO4. The second-order valence-corrected chi connectivity index (χ2v) is 3.23. The number of ether oxygens (including phenoxy) is 1. The van der Waals surface area contributed by atoms with Crippen molar-refractivity contribution in [3.8, 4) is 0 Å². The molecule has 0 bridgehead atoms. The van der Waals surface area contributed by atoms with Gasteiger partial charge in [-0.05, 0) is 19.4 Å². The molecule has 0 aliphatic carbocycles. The summed E-state index contributed by atoms with van der Waals surface area (Å²) < 4.78 is 9.90. The molecule has 0 saturated carbocycles. The van der Waals surface area contributed by atoms with Gasteiger partial charge in [-0.2, -0.15) is 0 Å². The zero-order chi connectivity index (χ0) is 11.4. The highest BCUT2D eigenvalue weighted by molar-refractivity contribution is 5.90. The first-order valence-corrected chi connectivity index (χ1v) is 4.65. The van der Waals surface area contributed by atoms with Crippen LogP contribution in [-0.4, -0.2) is 24.8 Å². The van der Waals surface area contributed by atoms with Crippen molar-refractivity contribution in [2.75, 3.05) is 13.7 Å². The van der Waals surface area contributed by atoms with E-state index in [2.05, 4.69) is 4.74 Å². The third-order valence-corrected chi connectivity index (χ3v) is 2.15. The molecule has 0 amide bonds. The number of furan rings is 1. The van der Waals surface area contributed by atoms with Crippen LogP contribution >= 0.6 is 0 Å². The van der Waals surface area contributed by atoms with Crippen molar-refractivity contribution < 1.29 is 19.1 Å². The Morgan fingerprint density at radius 3 is 2.93 bits per heavy atom. The number of aliphatic hydroxyl groups is 1. The SMILES string of the molecule is COC(=O)c1cc(C(N)CCO)oc1C. The van der Waals surface area contributed by atoms with Gasteiger partial charge < -0.3 is 20.0 Å². The van der Waals surface area contributed by atoms with Crippen LogP contribution in [0.15, 0.2) is 10.5 Å². The molecule has 3 N–H and O–H groups in total. The largest absolute Gasteiger partial charge is 0.465 e. The molecule has 0 aromatic carbocycles. The van der Waals surface area contributed by atoms with Crippen molar-refractivity contribution >= 4 is 5.97 Å². The lowest BCUT2D eigenvalue weighted by Gasteiger charge is -2.04. The van der Waals surface area contributed by atoms with E-state index < -0.39 is 12.0 Å². The lowest BCUT2D eigenvalue weighted by Crippen LogP contribution is -2.11. The molecule has 1 aromatic rings. The molecule has 5 heteroatoms. The normalized spacial score (nSPS) is 12.5. The fourth-order valence-corrected chi connectivity index (χ4v) is 1.28. The predicted molar refractivity (Wildman–Crippen MR) is 53.4 cm³/mol. The third-order valence-electron chi connectivity index (χ3n) is 2.15. The maximum atomic E-state index is 11.3. The molecule has 84 valence electrons. The molecule has 0 aliphatic rings. The van der Waals surface area contributed by atoms with Crippen LogP contribution in [0.1, 0.15) is 34.3 Å². The molecule has 1 unspecified atom stereocenters. The summed E-state index contributed by atoms with van der Waals surface area (Å²) in [4.78, 5) is 11.3. The second-order valence-electron chi connectivity index (χ2n) is 3.23. The van der Waals surface area contributed by atoms with Crippen LogP contribution in [0.25, 0.3) is 0 Å². The van der Waals surface area contributed by atoms with E-state index in [4.69, 9.17) is 15.3 Å². The second kappa shape index (κ2) is 4.95. The van der Waals surface area contributed by atoms with Crippen molar-refractivity contribution in [2.45, 2.75) is 19.4 Å². The van der Waals surface area contributed by atoms with Gasteiger partial charge in [0, 0.05) is 6.61 Å². The summed E-state index contributed by atoms with van der Waals surface area (Å²) in [6.07, 6.45) is 0.396.